The lowest BCUT2D eigenvalue weighted by molar-refractivity contribution is 1.24. The summed E-state index contributed by atoms with van der Waals surface area (Å²) in [4.78, 5) is 13.7. The van der Waals surface area contributed by atoms with Crippen LogP contribution in [0.25, 0.3) is 11.1 Å². The summed E-state index contributed by atoms with van der Waals surface area (Å²) in [6.07, 6.45) is 1.39. The van der Waals surface area contributed by atoms with Crippen molar-refractivity contribution in [1.82, 2.24) is 4.98 Å². The third kappa shape index (κ3) is 2.33. The molecule has 1 heterocycles. The summed E-state index contributed by atoms with van der Waals surface area (Å²) in [6, 6.07) is 8.20. The molecule has 0 bridgehead atoms. The van der Waals surface area contributed by atoms with E-state index in [9.17, 15) is 4.79 Å². The van der Waals surface area contributed by atoms with Crippen molar-refractivity contribution < 1.29 is 0 Å². The molecule has 84 valence electrons. The van der Waals surface area contributed by atoms with Gasteiger partial charge >= 0.3 is 0 Å². The topological polar surface area (TPSA) is 56.6 Å². The Morgan fingerprint density at radius 3 is 2.65 bits per heavy atom. The fourth-order valence-electron chi connectivity index (χ4n) is 1.50. The van der Waals surface area contributed by atoms with E-state index in [-0.39, 0.29) is 5.56 Å². The van der Waals surface area contributed by atoms with Gasteiger partial charge in [-0.25, -0.2) is 0 Å². The highest BCUT2D eigenvalue weighted by molar-refractivity contribution is 6.33. The second-order valence-electron chi connectivity index (χ2n) is 3.36. The van der Waals surface area contributed by atoms with Crippen LogP contribution in [-0.2, 0) is 0 Å². The number of aromatic nitrogens is 1. The summed E-state index contributed by atoms with van der Waals surface area (Å²) < 4.78 is 0. The van der Waals surface area contributed by atoms with Gasteiger partial charge in [0.2, 0.25) is 5.56 Å². The van der Waals surface area contributed by atoms with Gasteiger partial charge in [0.15, 0.2) is 0 Å². The number of nitrogens with zero attached hydrogens (tertiary/aromatic N) is 1. The van der Waals surface area contributed by atoms with Crippen molar-refractivity contribution >= 4 is 23.2 Å². The molecule has 2 aromatic rings. The molecule has 0 spiro atoms. The molecule has 3 nitrogen and oxygen atoms in total. The van der Waals surface area contributed by atoms with Crippen molar-refractivity contribution in [1.29, 1.82) is 5.26 Å². The van der Waals surface area contributed by atoms with E-state index in [1.54, 1.807) is 18.2 Å². The maximum atomic E-state index is 11.3. The third-order valence-electron chi connectivity index (χ3n) is 2.27. The molecule has 0 saturated carbocycles. The monoisotopic (exact) mass is 264 g/mol. The number of nitrogens with one attached hydrogen (secondary N) is 1. The Morgan fingerprint density at radius 2 is 1.94 bits per heavy atom. The SMILES string of the molecule is N#Cc1ccc(Cl)cc1-c1cc(=O)[nH]cc1Cl. The Morgan fingerprint density at radius 1 is 1.18 bits per heavy atom. The van der Waals surface area contributed by atoms with Crippen LogP contribution in [-0.4, -0.2) is 4.98 Å². The summed E-state index contributed by atoms with van der Waals surface area (Å²) in [5.41, 5.74) is 1.18. The molecular weight excluding hydrogens is 259 g/mol. The smallest absolute Gasteiger partial charge is 0.248 e. The van der Waals surface area contributed by atoms with Crippen molar-refractivity contribution in [3.8, 4) is 17.2 Å². The van der Waals surface area contributed by atoms with Gasteiger partial charge in [-0.05, 0) is 18.2 Å². The summed E-state index contributed by atoms with van der Waals surface area (Å²) in [7, 11) is 0. The Labute approximate surface area is 107 Å². The highest BCUT2D eigenvalue weighted by Gasteiger charge is 2.10. The lowest BCUT2D eigenvalue weighted by Gasteiger charge is -2.06. The molecule has 0 aliphatic heterocycles. The van der Waals surface area contributed by atoms with Crippen LogP contribution in [0.2, 0.25) is 10.0 Å². The van der Waals surface area contributed by atoms with E-state index in [1.165, 1.54) is 12.3 Å². The highest BCUT2D eigenvalue weighted by atomic mass is 35.5. The second kappa shape index (κ2) is 4.62. The van der Waals surface area contributed by atoms with Gasteiger partial charge in [0.05, 0.1) is 16.7 Å². The van der Waals surface area contributed by atoms with Crippen LogP contribution in [0.4, 0.5) is 0 Å². The maximum Gasteiger partial charge on any atom is 0.248 e. The number of halogens is 2. The number of aromatic amines is 1. The average Bonchev–Trinajstić information content (AvgIpc) is 2.32. The Balaban J connectivity index is 2.76. The van der Waals surface area contributed by atoms with Gasteiger partial charge in [-0.2, -0.15) is 5.26 Å². The van der Waals surface area contributed by atoms with Crippen molar-refractivity contribution in [2.24, 2.45) is 0 Å². The lowest BCUT2D eigenvalue weighted by Crippen LogP contribution is -2.03. The quantitative estimate of drug-likeness (QED) is 0.860. The molecule has 1 aromatic heterocycles. The van der Waals surface area contributed by atoms with Crippen molar-refractivity contribution in [2.45, 2.75) is 0 Å². The highest BCUT2D eigenvalue weighted by Crippen LogP contribution is 2.30. The number of pyridine rings is 1. The fourth-order valence-corrected chi connectivity index (χ4v) is 1.88. The normalized spacial score (nSPS) is 9.94. The minimum absolute atomic E-state index is 0.284. The zero-order valence-electron chi connectivity index (χ0n) is 8.50. The van der Waals surface area contributed by atoms with Gasteiger partial charge in [0.25, 0.3) is 0 Å². The first-order chi connectivity index (χ1) is 8.11. The van der Waals surface area contributed by atoms with E-state index < -0.39 is 0 Å². The first-order valence-corrected chi connectivity index (χ1v) is 5.45. The lowest BCUT2D eigenvalue weighted by atomic mass is 10.0. The molecule has 1 N–H and O–H groups in total. The van der Waals surface area contributed by atoms with E-state index in [0.29, 0.717) is 26.7 Å². The molecular formula is C12H6Cl2N2O. The van der Waals surface area contributed by atoms with Gasteiger partial charge in [-0.3, -0.25) is 4.79 Å². The van der Waals surface area contributed by atoms with Gasteiger partial charge < -0.3 is 4.98 Å². The van der Waals surface area contributed by atoms with Gasteiger partial charge in [0.1, 0.15) is 0 Å². The fraction of sp³-hybridized carbons (Fsp3) is 0. The Hall–Kier alpha value is -1.76. The van der Waals surface area contributed by atoms with Crippen LogP contribution in [0, 0.1) is 11.3 Å². The largest absolute Gasteiger partial charge is 0.328 e. The number of rotatable bonds is 1. The predicted molar refractivity (Wildman–Crippen MR) is 67.2 cm³/mol. The molecule has 0 aliphatic rings. The van der Waals surface area contributed by atoms with E-state index in [2.05, 4.69) is 4.98 Å². The zero-order chi connectivity index (χ0) is 12.4. The molecule has 0 radical (unpaired) electrons. The van der Waals surface area contributed by atoms with E-state index in [4.69, 9.17) is 28.5 Å². The number of hydrogen-bond acceptors (Lipinski definition) is 2. The molecule has 1 aromatic carbocycles. The first-order valence-electron chi connectivity index (χ1n) is 4.70. The second-order valence-corrected chi connectivity index (χ2v) is 4.20. The molecule has 0 aliphatic carbocycles. The van der Waals surface area contributed by atoms with E-state index in [0.717, 1.165) is 0 Å². The summed E-state index contributed by atoms with van der Waals surface area (Å²) in [5.74, 6) is 0. The van der Waals surface area contributed by atoms with Gasteiger partial charge in [0, 0.05) is 28.4 Å². The van der Waals surface area contributed by atoms with E-state index >= 15 is 0 Å². The molecule has 2 rings (SSSR count). The van der Waals surface area contributed by atoms with E-state index in [1.807, 2.05) is 6.07 Å². The molecule has 0 atom stereocenters. The Bertz CT molecular complexity index is 671. The number of hydrogen-bond donors (Lipinski definition) is 1. The van der Waals surface area contributed by atoms with Crippen LogP contribution in [0.15, 0.2) is 35.3 Å². The summed E-state index contributed by atoms with van der Waals surface area (Å²) in [6.45, 7) is 0. The predicted octanol–water partition coefficient (Wildman–Crippen LogP) is 3.22. The number of benzene rings is 1. The van der Waals surface area contributed by atoms with Gasteiger partial charge in [-0.1, -0.05) is 23.2 Å². The van der Waals surface area contributed by atoms with Crippen LogP contribution >= 0.6 is 23.2 Å². The molecule has 0 unspecified atom stereocenters. The molecule has 5 heteroatoms. The molecule has 0 fully saturated rings. The molecule has 0 amide bonds. The van der Waals surface area contributed by atoms with Crippen molar-refractivity contribution in [2.75, 3.05) is 0 Å². The number of H-pyrrole nitrogens is 1. The van der Waals surface area contributed by atoms with Crippen LogP contribution < -0.4 is 5.56 Å². The maximum absolute atomic E-state index is 11.3. The van der Waals surface area contributed by atoms with Crippen LogP contribution in [0.1, 0.15) is 5.56 Å². The van der Waals surface area contributed by atoms with Crippen LogP contribution in [0.3, 0.4) is 0 Å². The zero-order valence-corrected chi connectivity index (χ0v) is 10.0. The minimum Gasteiger partial charge on any atom is -0.328 e. The van der Waals surface area contributed by atoms with Crippen molar-refractivity contribution in [3.63, 3.8) is 0 Å². The third-order valence-corrected chi connectivity index (χ3v) is 2.81. The van der Waals surface area contributed by atoms with Gasteiger partial charge in [-0.15, -0.1) is 0 Å². The minimum atomic E-state index is -0.284. The first kappa shape index (κ1) is 11.7. The molecule has 0 saturated heterocycles. The number of nitriles is 1. The molecule has 17 heavy (non-hydrogen) atoms. The average molecular weight is 265 g/mol. The summed E-state index contributed by atoms with van der Waals surface area (Å²) >= 11 is 11.9. The Kier molecular flexibility index (Phi) is 3.19. The van der Waals surface area contributed by atoms with Crippen molar-refractivity contribution in [3.05, 3.63) is 56.4 Å². The van der Waals surface area contributed by atoms with Crippen LogP contribution in [0.5, 0.6) is 0 Å². The standard InChI is InChI=1S/C12H6Cl2N2O/c13-8-2-1-7(5-15)9(3-8)10-4-12(17)16-6-11(10)14/h1-4,6H,(H,16,17). The summed E-state index contributed by atoms with van der Waals surface area (Å²) in [5, 5.41) is 9.85.